The van der Waals surface area contributed by atoms with Crippen LogP contribution < -0.4 is 0 Å². The Bertz CT molecular complexity index is 552. The molecule has 0 radical (unpaired) electrons. The van der Waals surface area contributed by atoms with Gasteiger partial charge in [-0.2, -0.15) is 5.10 Å². The summed E-state index contributed by atoms with van der Waals surface area (Å²) in [5.41, 5.74) is 2.80. The van der Waals surface area contributed by atoms with Crippen LogP contribution in [0.5, 0.6) is 0 Å². The Labute approximate surface area is 105 Å². The molecule has 0 saturated carbocycles. The number of aliphatic hydroxyl groups is 1. The molecule has 1 atom stereocenters. The molecule has 0 spiro atoms. The number of nitrogens with zero attached hydrogens (tertiary/aromatic N) is 5. The van der Waals surface area contributed by atoms with E-state index in [1.165, 1.54) is 0 Å². The van der Waals surface area contributed by atoms with Gasteiger partial charge in [-0.1, -0.05) is 0 Å². The molecule has 1 saturated heterocycles. The summed E-state index contributed by atoms with van der Waals surface area (Å²) in [6, 6.07) is 0. The van der Waals surface area contributed by atoms with Crippen molar-refractivity contribution in [2.75, 3.05) is 26.2 Å². The molecule has 1 aliphatic heterocycles. The Morgan fingerprint density at radius 2 is 2.22 bits per heavy atom. The quantitative estimate of drug-likeness (QED) is 0.836. The van der Waals surface area contributed by atoms with Crippen LogP contribution in [0.4, 0.5) is 0 Å². The molecule has 0 amide bonds. The van der Waals surface area contributed by atoms with Gasteiger partial charge in [0.2, 0.25) is 0 Å². The summed E-state index contributed by atoms with van der Waals surface area (Å²) in [4.78, 5) is 11.0. The molecular formula is C12H17N5O. The van der Waals surface area contributed by atoms with Crippen LogP contribution in [0, 0.1) is 0 Å². The SMILES string of the molecule is Cn1nc(C2CCN(CCO)C2)c2nccnc21. The third kappa shape index (κ3) is 1.87. The van der Waals surface area contributed by atoms with Gasteiger partial charge in [0.1, 0.15) is 5.52 Å². The summed E-state index contributed by atoms with van der Waals surface area (Å²) in [6.07, 6.45) is 4.48. The van der Waals surface area contributed by atoms with E-state index in [1.54, 1.807) is 17.1 Å². The van der Waals surface area contributed by atoms with Crippen LogP contribution in [0.3, 0.4) is 0 Å². The minimum atomic E-state index is 0.218. The van der Waals surface area contributed by atoms with E-state index >= 15 is 0 Å². The number of fused-ring (bicyclic) bond motifs is 1. The van der Waals surface area contributed by atoms with Crippen molar-refractivity contribution in [2.45, 2.75) is 12.3 Å². The first-order chi connectivity index (χ1) is 8.79. The molecule has 1 unspecified atom stereocenters. The number of β-amino-alcohol motifs (C(OH)–C–C–N with tert-alkyl or cyclic N) is 1. The van der Waals surface area contributed by atoms with Gasteiger partial charge >= 0.3 is 0 Å². The summed E-state index contributed by atoms with van der Waals surface area (Å²) in [5.74, 6) is 0.400. The molecule has 0 bridgehead atoms. The Hall–Kier alpha value is -1.53. The van der Waals surface area contributed by atoms with Gasteiger partial charge < -0.3 is 10.0 Å². The van der Waals surface area contributed by atoms with Gasteiger partial charge in [0.25, 0.3) is 0 Å². The summed E-state index contributed by atoms with van der Waals surface area (Å²) < 4.78 is 1.80. The standard InChI is InChI=1S/C12H17N5O/c1-16-12-11(13-3-4-14-12)10(15-16)9-2-5-17(8-9)6-7-18/h3-4,9,18H,2,5-8H2,1H3. The average molecular weight is 247 g/mol. The van der Waals surface area contributed by atoms with Crippen molar-refractivity contribution >= 4 is 11.2 Å². The summed E-state index contributed by atoms with van der Waals surface area (Å²) >= 11 is 0. The lowest BCUT2D eigenvalue weighted by atomic mass is 10.0. The fraction of sp³-hybridized carbons (Fsp3) is 0.583. The first-order valence-electron chi connectivity index (χ1n) is 6.26. The first-order valence-corrected chi connectivity index (χ1v) is 6.26. The van der Waals surface area contributed by atoms with Crippen molar-refractivity contribution in [1.29, 1.82) is 0 Å². The maximum absolute atomic E-state index is 8.98. The highest BCUT2D eigenvalue weighted by atomic mass is 16.3. The zero-order valence-corrected chi connectivity index (χ0v) is 10.5. The van der Waals surface area contributed by atoms with Gasteiger partial charge in [-0.05, 0) is 13.0 Å². The number of aryl methyl sites for hydroxylation is 1. The van der Waals surface area contributed by atoms with Crippen molar-refractivity contribution in [3.8, 4) is 0 Å². The normalized spacial score (nSPS) is 20.9. The third-order valence-electron chi connectivity index (χ3n) is 3.56. The Morgan fingerprint density at radius 1 is 1.39 bits per heavy atom. The van der Waals surface area contributed by atoms with Gasteiger partial charge in [-0.3, -0.25) is 0 Å². The van der Waals surface area contributed by atoms with Crippen LogP contribution >= 0.6 is 0 Å². The van der Waals surface area contributed by atoms with Gasteiger partial charge in [0.15, 0.2) is 5.65 Å². The molecule has 6 nitrogen and oxygen atoms in total. The van der Waals surface area contributed by atoms with Crippen molar-refractivity contribution in [3.63, 3.8) is 0 Å². The molecule has 3 rings (SSSR count). The van der Waals surface area contributed by atoms with Crippen LogP contribution in [-0.2, 0) is 7.05 Å². The predicted molar refractivity (Wildman–Crippen MR) is 67.2 cm³/mol. The fourth-order valence-corrected chi connectivity index (χ4v) is 2.68. The third-order valence-corrected chi connectivity index (χ3v) is 3.56. The minimum absolute atomic E-state index is 0.218. The van der Waals surface area contributed by atoms with Crippen LogP contribution in [-0.4, -0.2) is 56.0 Å². The Kier molecular flexibility index (Phi) is 2.97. The largest absolute Gasteiger partial charge is 0.395 e. The van der Waals surface area contributed by atoms with Gasteiger partial charge in [-0.15, -0.1) is 0 Å². The maximum Gasteiger partial charge on any atom is 0.176 e. The lowest BCUT2D eigenvalue weighted by Gasteiger charge is -2.13. The van der Waals surface area contributed by atoms with E-state index < -0.39 is 0 Å². The number of aromatic nitrogens is 4. The monoisotopic (exact) mass is 247 g/mol. The highest BCUT2D eigenvalue weighted by Crippen LogP contribution is 2.29. The lowest BCUT2D eigenvalue weighted by molar-refractivity contribution is 0.220. The van der Waals surface area contributed by atoms with Gasteiger partial charge in [0.05, 0.1) is 12.3 Å². The zero-order valence-electron chi connectivity index (χ0n) is 10.5. The average Bonchev–Trinajstić information content (AvgIpc) is 2.96. The minimum Gasteiger partial charge on any atom is -0.395 e. The highest BCUT2D eigenvalue weighted by Gasteiger charge is 2.28. The molecule has 18 heavy (non-hydrogen) atoms. The van der Waals surface area contributed by atoms with Crippen LogP contribution in [0.15, 0.2) is 12.4 Å². The summed E-state index contributed by atoms with van der Waals surface area (Å²) in [6.45, 7) is 2.93. The molecular weight excluding hydrogens is 230 g/mol. The predicted octanol–water partition coefficient (Wildman–Crippen LogP) is 0.145. The highest BCUT2D eigenvalue weighted by molar-refractivity contribution is 5.73. The van der Waals surface area contributed by atoms with Crippen LogP contribution in [0.1, 0.15) is 18.0 Å². The van der Waals surface area contributed by atoms with Gasteiger partial charge in [-0.25, -0.2) is 14.6 Å². The smallest absolute Gasteiger partial charge is 0.176 e. The summed E-state index contributed by atoms with van der Waals surface area (Å²) in [5, 5.41) is 13.5. The second kappa shape index (κ2) is 4.62. The molecule has 1 N–H and O–H groups in total. The van der Waals surface area contributed by atoms with Crippen molar-refractivity contribution in [3.05, 3.63) is 18.1 Å². The van der Waals surface area contributed by atoms with E-state index in [4.69, 9.17) is 5.11 Å². The number of hydrogen-bond acceptors (Lipinski definition) is 5. The molecule has 6 heteroatoms. The zero-order chi connectivity index (χ0) is 12.5. The Balaban J connectivity index is 1.91. The van der Waals surface area contributed by atoms with Crippen molar-refractivity contribution in [1.82, 2.24) is 24.6 Å². The number of rotatable bonds is 3. The van der Waals surface area contributed by atoms with E-state index in [0.717, 1.165) is 42.9 Å². The topological polar surface area (TPSA) is 67.1 Å². The van der Waals surface area contributed by atoms with Crippen molar-refractivity contribution < 1.29 is 5.11 Å². The number of hydrogen-bond donors (Lipinski definition) is 1. The lowest BCUT2D eigenvalue weighted by Crippen LogP contribution is -2.23. The summed E-state index contributed by atoms with van der Waals surface area (Å²) in [7, 11) is 1.90. The molecule has 2 aromatic rings. The van der Waals surface area contributed by atoms with E-state index in [-0.39, 0.29) is 6.61 Å². The first kappa shape index (κ1) is 11.6. The molecule has 1 aliphatic rings. The van der Waals surface area contributed by atoms with Crippen molar-refractivity contribution in [2.24, 2.45) is 7.05 Å². The molecule has 2 aromatic heterocycles. The van der Waals surface area contributed by atoms with E-state index in [9.17, 15) is 0 Å². The second-order valence-electron chi connectivity index (χ2n) is 4.75. The fourth-order valence-electron chi connectivity index (χ4n) is 2.68. The molecule has 3 heterocycles. The van der Waals surface area contributed by atoms with Crippen LogP contribution in [0.25, 0.3) is 11.2 Å². The number of aliphatic hydroxyl groups excluding tert-OH is 1. The molecule has 0 aliphatic carbocycles. The molecule has 0 aromatic carbocycles. The maximum atomic E-state index is 8.98. The Morgan fingerprint density at radius 3 is 3.06 bits per heavy atom. The van der Waals surface area contributed by atoms with Crippen LogP contribution in [0.2, 0.25) is 0 Å². The van der Waals surface area contributed by atoms with E-state index in [2.05, 4.69) is 20.0 Å². The number of likely N-dealkylation sites (tertiary alicyclic amines) is 1. The van der Waals surface area contributed by atoms with Gasteiger partial charge in [0, 0.05) is 38.4 Å². The second-order valence-corrected chi connectivity index (χ2v) is 4.75. The van der Waals surface area contributed by atoms with E-state index in [1.807, 2.05) is 7.05 Å². The van der Waals surface area contributed by atoms with E-state index in [0.29, 0.717) is 5.92 Å². The molecule has 1 fully saturated rings. The molecule has 96 valence electrons.